The first-order valence-electron chi connectivity index (χ1n) is 6.47. The van der Waals surface area contributed by atoms with E-state index in [1.54, 1.807) is 48.5 Å². The molecule has 110 valence electrons. The highest BCUT2D eigenvalue weighted by Gasteiger charge is 2.11. The van der Waals surface area contributed by atoms with Crippen molar-refractivity contribution < 1.29 is 0 Å². The number of halogens is 1. The average Bonchev–Trinajstić information content (AvgIpc) is 2.89. The number of nitrogens with two attached hydrogens (primary N) is 1. The lowest BCUT2D eigenvalue weighted by Gasteiger charge is -1.99. The molecule has 0 aliphatic rings. The molecule has 1 heterocycles. The van der Waals surface area contributed by atoms with Gasteiger partial charge < -0.3 is 5.73 Å². The highest BCUT2D eigenvalue weighted by atomic mass is 35.5. The summed E-state index contributed by atoms with van der Waals surface area (Å²) in [5.41, 5.74) is 8.12. The number of hydrogen-bond acceptors (Lipinski definition) is 4. The lowest BCUT2D eigenvalue weighted by atomic mass is 10.1. The largest absolute Gasteiger partial charge is 0.399 e. The second-order valence-corrected chi connectivity index (χ2v) is 5.04. The molecule has 0 fully saturated rings. The van der Waals surface area contributed by atoms with E-state index in [4.69, 9.17) is 17.3 Å². The molecule has 0 amide bonds. The van der Waals surface area contributed by atoms with Gasteiger partial charge in [-0.05, 0) is 36.4 Å². The second-order valence-electron chi connectivity index (χ2n) is 4.60. The zero-order valence-electron chi connectivity index (χ0n) is 11.4. The van der Waals surface area contributed by atoms with E-state index in [1.165, 1.54) is 0 Å². The number of rotatable bonds is 3. The number of anilines is 1. The smallest absolute Gasteiger partial charge is 0.292 e. The number of benzene rings is 2. The summed E-state index contributed by atoms with van der Waals surface area (Å²) >= 11 is 5.81. The van der Waals surface area contributed by atoms with Crippen molar-refractivity contribution >= 4 is 28.7 Å². The number of aromatic amines is 2. The highest BCUT2D eigenvalue weighted by molar-refractivity contribution is 6.30. The lowest BCUT2D eigenvalue weighted by Crippen LogP contribution is -1.96. The number of aromatic nitrogens is 2. The molecule has 4 N–H and O–H groups in total. The molecule has 22 heavy (non-hydrogen) atoms. The van der Waals surface area contributed by atoms with Crippen LogP contribution in [0.25, 0.3) is 11.3 Å². The minimum atomic E-state index is -0.343. The number of hydrogen-bond donors (Lipinski definition) is 3. The van der Waals surface area contributed by atoms with Crippen LogP contribution in [0.5, 0.6) is 0 Å². The molecular formula is C15H12ClN5O. The van der Waals surface area contributed by atoms with E-state index >= 15 is 0 Å². The van der Waals surface area contributed by atoms with Crippen molar-refractivity contribution in [3.8, 4) is 11.3 Å². The van der Waals surface area contributed by atoms with Crippen LogP contribution in [0.3, 0.4) is 0 Å². The maximum atomic E-state index is 11.9. The molecule has 1 aromatic heterocycles. The van der Waals surface area contributed by atoms with Crippen LogP contribution in [-0.2, 0) is 0 Å². The van der Waals surface area contributed by atoms with Gasteiger partial charge in [0.25, 0.3) is 5.56 Å². The van der Waals surface area contributed by atoms with Crippen LogP contribution >= 0.6 is 11.6 Å². The SMILES string of the molecule is Nc1ccc(-c2[nH][nH]c(=O)c2N=Nc2ccc(Cl)cc2)cc1. The Hall–Kier alpha value is -2.86. The summed E-state index contributed by atoms with van der Waals surface area (Å²) in [6.45, 7) is 0. The molecule has 0 aliphatic carbocycles. The fraction of sp³-hybridized carbons (Fsp3) is 0. The van der Waals surface area contributed by atoms with Crippen LogP contribution in [0, 0.1) is 0 Å². The first-order valence-corrected chi connectivity index (χ1v) is 6.85. The standard InChI is InChI=1S/C15H12ClN5O/c16-10-3-7-12(8-4-10)18-20-14-13(19-21-15(14)22)9-1-5-11(17)6-2-9/h1-8H,17H2,(H2,19,21,22). The third-order valence-corrected chi connectivity index (χ3v) is 3.30. The fourth-order valence-electron chi connectivity index (χ4n) is 1.92. The van der Waals surface area contributed by atoms with E-state index in [2.05, 4.69) is 20.4 Å². The van der Waals surface area contributed by atoms with Gasteiger partial charge in [-0.1, -0.05) is 23.7 Å². The normalized spacial score (nSPS) is 11.1. The molecule has 2 aromatic carbocycles. The van der Waals surface area contributed by atoms with Crippen molar-refractivity contribution in [2.75, 3.05) is 5.73 Å². The minimum absolute atomic E-state index is 0.208. The second kappa shape index (κ2) is 5.87. The topological polar surface area (TPSA) is 99.4 Å². The van der Waals surface area contributed by atoms with E-state index in [0.29, 0.717) is 22.1 Å². The predicted molar refractivity (Wildman–Crippen MR) is 86.9 cm³/mol. The number of nitrogens with zero attached hydrogens (tertiary/aromatic N) is 2. The van der Waals surface area contributed by atoms with Crippen LogP contribution in [0.4, 0.5) is 17.1 Å². The van der Waals surface area contributed by atoms with Crippen molar-refractivity contribution in [2.24, 2.45) is 10.2 Å². The monoisotopic (exact) mass is 313 g/mol. The van der Waals surface area contributed by atoms with Gasteiger partial charge in [-0.25, -0.2) is 0 Å². The van der Waals surface area contributed by atoms with Crippen molar-refractivity contribution in [1.29, 1.82) is 0 Å². The van der Waals surface area contributed by atoms with Crippen LogP contribution in [0.15, 0.2) is 63.6 Å². The Morgan fingerprint density at radius 2 is 1.59 bits per heavy atom. The molecule has 3 rings (SSSR count). The Balaban J connectivity index is 1.97. The third kappa shape index (κ3) is 2.91. The number of nitrogens with one attached hydrogen (secondary N) is 2. The Labute approximate surface area is 130 Å². The zero-order valence-corrected chi connectivity index (χ0v) is 12.1. The molecule has 0 saturated carbocycles. The van der Waals surface area contributed by atoms with Crippen molar-refractivity contribution in [2.45, 2.75) is 0 Å². The van der Waals surface area contributed by atoms with E-state index in [1.807, 2.05) is 0 Å². The summed E-state index contributed by atoms with van der Waals surface area (Å²) < 4.78 is 0. The quantitative estimate of drug-likeness (QED) is 0.502. The Bertz CT molecular complexity index is 862. The average molecular weight is 314 g/mol. The summed E-state index contributed by atoms with van der Waals surface area (Å²) in [4.78, 5) is 11.9. The van der Waals surface area contributed by atoms with Crippen molar-refractivity contribution in [3.05, 3.63) is 63.9 Å². The van der Waals surface area contributed by atoms with Crippen LogP contribution in [0.1, 0.15) is 0 Å². The molecule has 0 spiro atoms. The van der Waals surface area contributed by atoms with Gasteiger partial charge in [-0.15, -0.1) is 5.11 Å². The van der Waals surface area contributed by atoms with Gasteiger partial charge in [0.05, 0.1) is 11.4 Å². The summed E-state index contributed by atoms with van der Waals surface area (Å²) in [5.74, 6) is 0. The Morgan fingerprint density at radius 3 is 2.27 bits per heavy atom. The molecule has 0 saturated heterocycles. The summed E-state index contributed by atoms with van der Waals surface area (Å²) in [6, 6.07) is 14.0. The van der Waals surface area contributed by atoms with Gasteiger partial charge in [0.2, 0.25) is 0 Å². The summed E-state index contributed by atoms with van der Waals surface area (Å²) in [6.07, 6.45) is 0. The van der Waals surface area contributed by atoms with Gasteiger partial charge in [0.15, 0.2) is 5.69 Å². The molecule has 3 aromatic rings. The van der Waals surface area contributed by atoms with Crippen LogP contribution < -0.4 is 11.3 Å². The third-order valence-electron chi connectivity index (χ3n) is 3.04. The van der Waals surface area contributed by atoms with E-state index < -0.39 is 0 Å². The van der Waals surface area contributed by atoms with Crippen molar-refractivity contribution in [3.63, 3.8) is 0 Å². The van der Waals surface area contributed by atoms with Gasteiger partial charge in [-0.2, -0.15) is 5.11 Å². The predicted octanol–water partition coefficient (Wildman–Crippen LogP) is 4.02. The molecular weight excluding hydrogens is 302 g/mol. The first kappa shape index (κ1) is 14.1. The van der Waals surface area contributed by atoms with Crippen molar-refractivity contribution in [1.82, 2.24) is 10.2 Å². The van der Waals surface area contributed by atoms with E-state index in [0.717, 1.165) is 5.56 Å². The molecule has 0 aliphatic heterocycles. The number of azo groups is 1. The molecule has 0 atom stereocenters. The highest BCUT2D eigenvalue weighted by Crippen LogP contribution is 2.27. The molecule has 0 bridgehead atoms. The minimum Gasteiger partial charge on any atom is -0.399 e. The van der Waals surface area contributed by atoms with E-state index in [9.17, 15) is 4.79 Å². The van der Waals surface area contributed by atoms with Crippen LogP contribution in [0.2, 0.25) is 5.02 Å². The van der Waals surface area contributed by atoms with Gasteiger partial charge in [0.1, 0.15) is 0 Å². The Morgan fingerprint density at radius 1 is 0.909 bits per heavy atom. The molecule has 0 radical (unpaired) electrons. The number of H-pyrrole nitrogens is 2. The number of nitrogen functional groups attached to an aromatic ring is 1. The molecule has 0 unspecified atom stereocenters. The zero-order chi connectivity index (χ0) is 15.5. The first-order chi connectivity index (χ1) is 10.6. The summed E-state index contributed by atoms with van der Waals surface area (Å²) in [7, 11) is 0. The van der Waals surface area contributed by atoms with Gasteiger partial charge in [0, 0.05) is 16.3 Å². The lowest BCUT2D eigenvalue weighted by molar-refractivity contribution is 1.06. The molecule has 6 nitrogen and oxygen atoms in total. The maximum Gasteiger partial charge on any atom is 0.292 e. The van der Waals surface area contributed by atoms with Crippen LogP contribution in [-0.4, -0.2) is 10.2 Å². The van der Waals surface area contributed by atoms with Gasteiger partial charge in [-0.3, -0.25) is 15.0 Å². The fourth-order valence-corrected chi connectivity index (χ4v) is 2.05. The molecule has 7 heteroatoms. The summed E-state index contributed by atoms with van der Waals surface area (Å²) in [5, 5.41) is 14.0. The maximum absolute atomic E-state index is 11.9. The van der Waals surface area contributed by atoms with E-state index in [-0.39, 0.29) is 11.2 Å². The van der Waals surface area contributed by atoms with Gasteiger partial charge >= 0.3 is 0 Å². The Kier molecular flexibility index (Phi) is 3.76.